The molecule has 0 spiro atoms. The fraction of sp³-hybridized carbons (Fsp3) is 0.556. The van der Waals surface area contributed by atoms with Gasteiger partial charge in [-0.25, -0.2) is 9.97 Å². The molecule has 0 unspecified atom stereocenters. The van der Waals surface area contributed by atoms with Crippen molar-refractivity contribution in [3.8, 4) is 5.75 Å². The van der Waals surface area contributed by atoms with Gasteiger partial charge in [0.15, 0.2) is 6.61 Å². The monoisotopic (exact) mass is 493 g/mol. The summed E-state index contributed by atoms with van der Waals surface area (Å²) in [6.07, 6.45) is 6.24. The zero-order valence-corrected chi connectivity index (χ0v) is 21.1. The lowest BCUT2D eigenvalue weighted by atomic mass is 9.88. The summed E-state index contributed by atoms with van der Waals surface area (Å²) in [7, 11) is 0. The lowest BCUT2D eigenvalue weighted by Crippen LogP contribution is -2.58. The van der Waals surface area contributed by atoms with Gasteiger partial charge in [-0.3, -0.25) is 14.5 Å². The Kier molecular flexibility index (Phi) is 7.48. The lowest BCUT2D eigenvalue weighted by molar-refractivity contribution is -0.143. The number of nitrogens with zero attached hydrogens (tertiary/aromatic N) is 4. The Morgan fingerprint density at radius 2 is 1.94 bits per heavy atom. The number of ether oxygens (including phenoxy) is 2. The summed E-state index contributed by atoms with van der Waals surface area (Å²) in [5.41, 5.74) is 2.07. The van der Waals surface area contributed by atoms with Crippen LogP contribution in [0.4, 0.5) is 5.95 Å². The highest BCUT2D eigenvalue weighted by molar-refractivity contribution is 5.94. The number of likely N-dealkylation sites (tertiary alicyclic amines) is 1. The van der Waals surface area contributed by atoms with E-state index in [0.29, 0.717) is 31.3 Å². The SMILES string of the molecule is Cc1ccc(C)c(OCC(=O)N2C[C@@H](C(=O)N(c3ncccn3)C3CCNCC3)C[C@H]3OCC[C@@H]32)c1. The number of piperidine rings is 2. The highest BCUT2D eigenvalue weighted by Crippen LogP contribution is 2.34. The minimum absolute atomic E-state index is 0.0240. The zero-order valence-electron chi connectivity index (χ0n) is 21.1. The van der Waals surface area contributed by atoms with E-state index < -0.39 is 0 Å². The molecule has 9 heteroatoms. The van der Waals surface area contributed by atoms with Crippen LogP contribution in [-0.2, 0) is 14.3 Å². The van der Waals surface area contributed by atoms with Gasteiger partial charge in [-0.15, -0.1) is 0 Å². The summed E-state index contributed by atoms with van der Waals surface area (Å²) >= 11 is 0. The Balaban J connectivity index is 1.34. The van der Waals surface area contributed by atoms with Gasteiger partial charge >= 0.3 is 0 Å². The van der Waals surface area contributed by atoms with Gasteiger partial charge in [0.05, 0.1) is 18.1 Å². The van der Waals surface area contributed by atoms with E-state index >= 15 is 0 Å². The number of hydrogen-bond donors (Lipinski definition) is 1. The first-order chi connectivity index (χ1) is 17.5. The standard InChI is InChI=1S/C27H35N5O4/c1-18-4-5-19(2)23(14-18)36-17-25(33)31-16-20(15-24-22(31)8-13-35-24)26(34)32(21-6-11-28-12-7-21)27-29-9-3-10-30-27/h3-5,9-10,14,20-22,24,28H,6-8,11-13,15-17H2,1-2H3/t20-,22-,24+/m0/s1. The zero-order chi connectivity index (χ0) is 25.1. The summed E-state index contributed by atoms with van der Waals surface area (Å²) in [6.45, 7) is 6.55. The number of carbonyl (C=O) groups excluding carboxylic acids is 2. The van der Waals surface area contributed by atoms with E-state index in [9.17, 15) is 9.59 Å². The van der Waals surface area contributed by atoms with E-state index in [0.717, 1.165) is 43.5 Å². The topological polar surface area (TPSA) is 96.9 Å². The first-order valence-electron chi connectivity index (χ1n) is 12.9. The fourth-order valence-electron chi connectivity index (χ4n) is 5.62. The summed E-state index contributed by atoms with van der Waals surface area (Å²) in [6, 6.07) is 7.72. The van der Waals surface area contributed by atoms with Crippen LogP contribution in [0.5, 0.6) is 5.75 Å². The van der Waals surface area contributed by atoms with E-state index in [2.05, 4.69) is 15.3 Å². The second kappa shape index (κ2) is 10.9. The number of aryl methyl sites for hydroxylation is 2. The van der Waals surface area contributed by atoms with E-state index in [4.69, 9.17) is 9.47 Å². The highest BCUT2D eigenvalue weighted by atomic mass is 16.5. The molecule has 0 aliphatic carbocycles. The number of aromatic nitrogens is 2. The first kappa shape index (κ1) is 24.6. The minimum atomic E-state index is -0.382. The largest absolute Gasteiger partial charge is 0.483 e. The third kappa shape index (κ3) is 5.22. The van der Waals surface area contributed by atoms with Gasteiger partial charge in [-0.2, -0.15) is 0 Å². The summed E-state index contributed by atoms with van der Waals surface area (Å²) in [5.74, 6) is 0.617. The molecule has 9 nitrogen and oxygen atoms in total. The number of fused-ring (bicyclic) bond motifs is 1. The normalized spacial score (nSPS) is 24.3. The molecule has 5 rings (SSSR count). The molecule has 3 atom stereocenters. The maximum atomic E-state index is 14.0. The number of benzene rings is 1. The summed E-state index contributed by atoms with van der Waals surface area (Å²) in [4.78, 5) is 39.8. The molecule has 3 aliphatic heterocycles. The van der Waals surface area contributed by atoms with Crippen LogP contribution in [0.2, 0.25) is 0 Å². The average Bonchev–Trinajstić information content (AvgIpc) is 3.39. The van der Waals surface area contributed by atoms with Gasteiger partial charge in [0.1, 0.15) is 5.75 Å². The molecule has 1 aromatic heterocycles. The van der Waals surface area contributed by atoms with E-state index in [1.165, 1.54) is 0 Å². The van der Waals surface area contributed by atoms with Crippen molar-refractivity contribution in [1.29, 1.82) is 0 Å². The van der Waals surface area contributed by atoms with Crippen LogP contribution in [0.25, 0.3) is 0 Å². The van der Waals surface area contributed by atoms with Crippen LogP contribution in [0.15, 0.2) is 36.7 Å². The van der Waals surface area contributed by atoms with Crippen LogP contribution in [0.1, 0.15) is 36.8 Å². The van der Waals surface area contributed by atoms with Crippen LogP contribution < -0.4 is 15.0 Å². The van der Waals surface area contributed by atoms with Gasteiger partial charge in [0.25, 0.3) is 5.91 Å². The second-order valence-electron chi connectivity index (χ2n) is 10.0. The van der Waals surface area contributed by atoms with Gasteiger partial charge in [-0.05, 0) is 75.9 Å². The van der Waals surface area contributed by atoms with Gasteiger partial charge in [0.2, 0.25) is 11.9 Å². The maximum Gasteiger partial charge on any atom is 0.260 e. The van der Waals surface area contributed by atoms with Crippen molar-refractivity contribution in [3.63, 3.8) is 0 Å². The minimum Gasteiger partial charge on any atom is -0.483 e. The molecule has 3 aliphatic rings. The average molecular weight is 494 g/mol. The van der Waals surface area contributed by atoms with Crippen molar-refractivity contribution in [2.45, 2.75) is 57.7 Å². The Hall–Kier alpha value is -3.04. The van der Waals surface area contributed by atoms with Crippen LogP contribution >= 0.6 is 0 Å². The van der Waals surface area contributed by atoms with Crippen molar-refractivity contribution >= 4 is 17.8 Å². The number of nitrogens with one attached hydrogen (secondary N) is 1. The summed E-state index contributed by atoms with van der Waals surface area (Å²) < 4.78 is 11.9. The molecular formula is C27H35N5O4. The number of rotatable bonds is 6. The van der Waals surface area contributed by atoms with Crippen LogP contribution in [0.3, 0.4) is 0 Å². The smallest absolute Gasteiger partial charge is 0.260 e. The molecule has 1 N–H and O–H groups in total. The lowest BCUT2D eigenvalue weighted by Gasteiger charge is -2.42. The van der Waals surface area contributed by atoms with Crippen molar-refractivity contribution in [2.24, 2.45) is 5.92 Å². The number of hydrogen-bond acceptors (Lipinski definition) is 7. The van der Waals surface area contributed by atoms with Crippen molar-refractivity contribution in [1.82, 2.24) is 20.2 Å². The maximum absolute atomic E-state index is 14.0. The molecule has 3 saturated heterocycles. The molecule has 0 saturated carbocycles. The molecule has 0 bridgehead atoms. The number of anilines is 1. The highest BCUT2D eigenvalue weighted by Gasteiger charge is 2.46. The Morgan fingerprint density at radius 3 is 2.72 bits per heavy atom. The van der Waals surface area contributed by atoms with Gasteiger partial charge < -0.3 is 19.7 Å². The predicted octanol–water partition coefficient (Wildman–Crippen LogP) is 2.26. The van der Waals surface area contributed by atoms with Crippen molar-refractivity contribution < 1.29 is 19.1 Å². The quantitative estimate of drug-likeness (QED) is 0.659. The van der Waals surface area contributed by atoms with E-state index in [1.807, 2.05) is 36.9 Å². The van der Waals surface area contributed by atoms with Crippen molar-refractivity contribution in [2.75, 3.05) is 37.7 Å². The molecule has 4 heterocycles. The first-order valence-corrected chi connectivity index (χ1v) is 12.9. The van der Waals surface area contributed by atoms with Crippen LogP contribution in [0, 0.1) is 19.8 Å². The van der Waals surface area contributed by atoms with E-state index in [-0.39, 0.29) is 42.5 Å². The fourth-order valence-corrected chi connectivity index (χ4v) is 5.62. The molecule has 1 aromatic carbocycles. The molecule has 2 amide bonds. The van der Waals surface area contributed by atoms with E-state index in [1.54, 1.807) is 23.4 Å². The number of carbonyl (C=O) groups is 2. The molecule has 0 radical (unpaired) electrons. The molecule has 192 valence electrons. The third-order valence-electron chi connectivity index (χ3n) is 7.55. The number of amides is 2. The Bertz CT molecular complexity index is 1080. The van der Waals surface area contributed by atoms with Crippen LogP contribution in [-0.4, -0.2) is 77.7 Å². The van der Waals surface area contributed by atoms with Gasteiger partial charge in [-0.1, -0.05) is 12.1 Å². The molecular weight excluding hydrogens is 458 g/mol. The molecule has 3 fully saturated rings. The van der Waals surface area contributed by atoms with Crippen molar-refractivity contribution in [3.05, 3.63) is 47.8 Å². The summed E-state index contributed by atoms with van der Waals surface area (Å²) in [5, 5.41) is 3.36. The molecule has 36 heavy (non-hydrogen) atoms. The van der Waals surface area contributed by atoms with Gasteiger partial charge in [0, 0.05) is 31.6 Å². The second-order valence-corrected chi connectivity index (χ2v) is 10.0. The Labute approximate surface area is 212 Å². The predicted molar refractivity (Wildman–Crippen MR) is 135 cm³/mol. The Morgan fingerprint density at radius 1 is 1.17 bits per heavy atom. The third-order valence-corrected chi connectivity index (χ3v) is 7.55. The molecule has 2 aromatic rings.